The number of ether oxygens (including phenoxy) is 4. The van der Waals surface area contributed by atoms with E-state index in [2.05, 4.69) is 41.5 Å². The van der Waals surface area contributed by atoms with Gasteiger partial charge in [0.2, 0.25) is 0 Å². The predicted octanol–water partition coefficient (Wildman–Crippen LogP) is 19.2. The summed E-state index contributed by atoms with van der Waals surface area (Å²) in [5.74, 6) is -0.547. The van der Waals surface area contributed by atoms with Crippen LogP contribution < -0.4 is 0 Å². The van der Waals surface area contributed by atoms with E-state index < -0.39 is 97.5 Å². The van der Waals surface area contributed by atoms with Gasteiger partial charge in [-0.1, -0.05) is 292 Å². The molecule has 0 aliphatic carbocycles. The van der Waals surface area contributed by atoms with Crippen molar-refractivity contribution in [3.63, 3.8) is 0 Å². The first-order valence-electron chi connectivity index (χ1n) is 35.5. The maximum absolute atomic E-state index is 13.0. The molecule has 0 aliphatic heterocycles. The highest BCUT2D eigenvalue weighted by Crippen LogP contribution is 2.45. The van der Waals surface area contributed by atoms with Gasteiger partial charge in [0.15, 0.2) is 12.2 Å². The van der Waals surface area contributed by atoms with Gasteiger partial charge in [-0.05, 0) is 37.5 Å². The molecule has 3 unspecified atom stereocenters. The highest BCUT2D eigenvalue weighted by Gasteiger charge is 2.30. The van der Waals surface area contributed by atoms with Crippen LogP contribution in [0.2, 0.25) is 0 Å². The Bertz CT molecular complexity index is 1700. The largest absolute Gasteiger partial charge is 0.472 e. The molecule has 0 saturated heterocycles. The Morgan fingerprint density at radius 1 is 0.333 bits per heavy atom. The molecule has 0 fully saturated rings. The summed E-state index contributed by atoms with van der Waals surface area (Å²) in [6.45, 7) is 9.50. The number of carbonyl (C=O) groups excluding carboxylic acids is 4. The summed E-state index contributed by atoms with van der Waals surface area (Å²) in [6, 6.07) is 0. The van der Waals surface area contributed by atoms with Gasteiger partial charge in [0.05, 0.1) is 26.4 Å². The molecule has 0 bridgehead atoms. The van der Waals surface area contributed by atoms with E-state index in [1.165, 1.54) is 148 Å². The van der Waals surface area contributed by atoms with Gasteiger partial charge in [0.1, 0.15) is 19.3 Å². The van der Waals surface area contributed by atoms with Crippen LogP contribution in [0.1, 0.15) is 343 Å². The summed E-state index contributed by atoms with van der Waals surface area (Å²) >= 11 is 0. The number of unbranched alkanes of at least 4 members (excludes halogenated alkanes) is 36. The van der Waals surface area contributed by atoms with Crippen molar-refractivity contribution in [3.05, 3.63) is 0 Å². The zero-order valence-corrected chi connectivity index (χ0v) is 58.1. The van der Waals surface area contributed by atoms with Crippen LogP contribution in [-0.2, 0) is 65.4 Å². The molecule has 0 heterocycles. The van der Waals surface area contributed by atoms with Crippen LogP contribution in [0.15, 0.2) is 0 Å². The molecule has 3 N–H and O–H groups in total. The SMILES string of the molecule is CCCCCCCCCCCC(=O)O[C@H](COC(=O)CCCCCCCCC)COP(=O)(O)OC[C@H](O)COP(=O)(O)OC[C@@H](COC(=O)CCCCCCCCCCC(C)CC)OC(=O)CCCCCCCCCCCCCCCCCCC(C)C. The van der Waals surface area contributed by atoms with E-state index in [0.717, 1.165) is 115 Å². The molecule has 87 heavy (non-hydrogen) atoms. The number of esters is 4. The lowest BCUT2D eigenvalue weighted by Crippen LogP contribution is -2.30. The molecule has 0 aromatic heterocycles. The predicted molar refractivity (Wildman–Crippen MR) is 349 cm³/mol. The molecule has 0 aromatic carbocycles. The summed E-state index contributed by atoms with van der Waals surface area (Å²) in [5.41, 5.74) is 0. The van der Waals surface area contributed by atoms with Crippen molar-refractivity contribution >= 4 is 39.5 Å². The van der Waals surface area contributed by atoms with Gasteiger partial charge >= 0.3 is 39.5 Å². The highest BCUT2D eigenvalue weighted by molar-refractivity contribution is 7.47. The molecule has 516 valence electrons. The molecule has 0 amide bonds. The molecule has 0 spiro atoms. The van der Waals surface area contributed by atoms with Crippen LogP contribution in [0, 0.1) is 11.8 Å². The smallest absolute Gasteiger partial charge is 0.462 e. The summed E-state index contributed by atoms with van der Waals surface area (Å²) in [6.07, 6.45) is 44.6. The Morgan fingerprint density at radius 3 is 0.874 bits per heavy atom. The fraction of sp³-hybridized carbons (Fsp3) is 0.941. The summed E-state index contributed by atoms with van der Waals surface area (Å²) in [4.78, 5) is 72.2. The van der Waals surface area contributed by atoms with Crippen molar-refractivity contribution in [2.45, 2.75) is 362 Å². The molecule has 0 aliphatic rings. The second kappa shape index (κ2) is 60.3. The first kappa shape index (κ1) is 85.1. The van der Waals surface area contributed by atoms with Gasteiger partial charge in [0, 0.05) is 25.7 Å². The molecule has 17 nitrogen and oxygen atoms in total. The van der Waals surface area contributed by atoms with Gasteiger partial charge < -0.3 is 33.8 Å². The minimum absolute atomic E-state index is 0.105. The normalized spacial score (nSPS) is 14.5. The summed E-state index contributed by atoms with van der Waals surface area (Å²) in [5, 5.41) is 10.5. The minimum Gasteiger partial charge on any atom is -0.462 e. The highest BCUT2D eigenvalue weighted by atomic mass is 31.2. The second-order valence-electron chi connectivity index (χ2n) is 25.3. The molecular formula is C68H132O17P2. The van der Waals surface area contributed by atoms with E-state index in [4.69, 9.17) is 37.0 Å². The lowest BCUT2D eigenvalue weighted by atomic mass is 9.99. The second-order valence-corrected chi connectivity index (χ2v) is 28.2. The number of aliphatic hydroxyl groups excluding tert-OH is 1. The lowest BCUT2D eigenvalue weighted by Gasteiger charge is -2.21. The van der Waals surface area contributed by atoms with E-state index in [9.17, 15) is 43.2 Å². The fourth-order valence-corrected chi connectivity index (χ4v) is 11.8. The van der Waals surface area contributed by atoms with Crippen LogP contribution in [0.25, 0.3) is 0 Å². The maximum Gasteiger partial charge on any atom is 0.472 e. The molecule has 19 heteroatoms. The topological polar surface area (TPSA) is 237 Å². The number of hydrogen-bond acceptors (Lipinski definition) is 15. The third-order valence-electron chi connectivity index (χ3n) is 16.1. The quantitative estimate of drug-likeness (QED) is 0.0222. The number of phosphoric acid groups is 2. The van der Waals surface area contributed by atoms with Gasteiger partial charge in [-0.2, -0.15) is 0 Å². The Morgan fingerprint density at radius 2 is 0.586 bits per heavy atom. The van der Waals surface area contributed by atoms with Crippen molar-refractivity contribution in [2.24, 2.45) is 11.8 Å². The summed E-state index contributed by atoms with van der Waals surface area (Å²) in [7, 11) is -9.89. The standard InChI is InChI=1S/C68H132O17P2/c1-7-10-12-14-16-25-34-40-46-52-67(72)84-63(56-78-65(70)50-44-38-30-15-13-11-8-2)58-82-86(74,75)80-54-62(69)55-81-87(76,77)83-59-64(57-79-66(71)51-45-39-33-29-28-32-37-43-49-61(6)9-3)85-68(73)53-47-41-35-27-24-22-20-18-17-19-21-23-26-31-36-42-48-60(4)5/h60-64,69H,7-59H2,1-6H3,(H,74,75)(H,76,77)/t61?,62-,63+,64+/m0/s1. The number of hydrogen-bond donors (Lipinski definition) is 3. The first-order chi connectivity index (χ1) is 41.9. The Kier molecular flexibility index (Phi) is 59.0. The summed E-state index contributed by atoms with van der Waals surface area (Å²) < 4.78 is 68.0. The average molecular weight is 1280 g/mol. The molecule has 6 atom stereocenters. The first-order valence-corrected chi connectivity index (χ1v) is 38.5. The third-order valence-corrected chi connectivity index (χ3v) is 18.0. The maximum atomic E-state index is 13.0. The van der Waals surface area contributed by atoms with Gasteiger partial charge in [-0.15, -0.1) is 0 Å². The molecule has 0 rings (SSSR count). The van der Waals surface area contributed by atoms with Crippen LogP contribution in [-0.4, -0.2) is 96.7 Å². The average Bonchev–Trinajstić information content (AvgIpc) is 3.61. The zero-order valence-electron chi connectivity index (χ0n) is 56.3. The van der Waals surface area contributed by atoms with Crippen molar-refractivity contribution in [3.8, 4) is 0 Å². The Labute approximate surface area is 530 Å². The van der Waals surface area contributed by atoms with Crippen LogP contribution in [0.5, 0.6) is 0 Å². The van der Waals surface area contributed by atoms with Crippen molar-refractivity contribution in [1.82, 2.24) is 0 Å². The lowest BCUT2D eigenvalue weighted by molar-refractivity contribution is -0.161. The van der Waals surface area contributed by atoms with Crippen molar-refractivity contribution in [1.29, 1.82) is 0 Å². The van der Waals surface area contributed by atoms with Crippen LogP contribution in [0.3, 0.4) is 0 Å². The molecule has 0 radical (unpaired) electrons. The van der Waals surface area contributed by atoms with Gasteiger partial charge in [-0.25, -0.2) is 9.13 Å². The molecular weight excluding hydrogens is 1150 g/mol. The number of aliphatic hydroxyl groups is 1. The Balaban J connectivity index is 5.17. The van der Waals surface area contributed by atoms with E-state index in [-0.39, 0.29) is 25.7 Å². The van der Waals surface area contributed by atoms with Gasteiger partial charge in [0.25, 0.3) is 0 Å². The Hall–Kier alpha value is -1.94. The van der Waals surface area contributed by atoms with E-state index in [1.54, 1.807) is 0 Å². The van der Waals surface area contributed by atoms with E-state index in [1.807, 2.05) is 0 Å². The van der Waals surface area contributed by atoms with Crippen LogP contribution >= 0.6 is 15.6 Å². The number of phosphoric ester groups is 2. The van der Waals surface area contributed by atoms with E-state index in [0.29, 0.717) is 25.7 Å². The zero-order chi connectivity index (χ0) is 64.3. The minimum atomic E-state index is -4.95. The number of carbonyl (C=O) groups is 4. The fourth-order valence-electron chi connectivity index (χ4n) is 10.2. The molecule has 0 aromatic rings. The molecule has 0 saturated carbocycles. The van der Waals surface area contributed by atoms with Crippen molar-refractivity contribution in [2.75, 3.05) is 39.6 Å². The number of rotatable bonds is 67. The van der Waals surface area contributed by atoms with Gasteiger partial charge in [-0.3, -0.25) is 37.3 Å². The van der Waals surface area contributed by atoms with Crippen LogP contribution in [0.4, 0.5) is 0 Å². The third kappa shape index (κ3) is 61.3. The van der Waals surface area contributed by atoms with E-state index >= 15 is 0 Å². The van der Waals surface area contributed by atoms with Crippen molar-refractivity contribution < 1.29 is 80.2 Å². The monoisotopic (exact) mass is 1280 g/mol.